The van der Waals surface area contributed by atoms with E-state index in [0.29, 0.717) is 24.4 Å². The predicted octanol–water partition coefficient (Wildman–Crippen LogP) is 4.19. The number of hydrogen-bond donors (Lipinski definition) is 0. The highest BCUT2D eigenvalue weighted by atomic mass is 16.1. The quantitative estimate of drug-likeness (QED) is 0.757. The summed E-state index contributed by atoms with van der Waals surface area (Å²) < 4.78 is 0. The molecule has 1 fully saturated rings. The van der Waals surface area contributed by atoms with Gasteiger partial charge in [0.1, 0.15) is 0 Å². The average molecular weight is 287 g/mol. The van der Waals surface area contributed by atoms with Crippen LogP contribution in [0, 0.1) is 11.8 Å². The molecule has 116 valence electrons. The highest BCUT2D eigenvalue weighted by molar-refractivity contribution is 5.97. The minimum Gasteiger partial charge on any atom is -0.293 e. The Labute approximate surface area is 129 Å². The lowest BCUT2D eigenvalue weighted by molar-refractivity contribution is 0.0650. The summed E-state index contributed by atoms with van der Waals surface area (Å²) >= 11 is 0. The molecule has 0 N–H and O–H groups in total. The summed E-state index contributed by atoms with van der Waals surface area (Å²) in [4.78, 5) is 14.9. The molecule has 21 heavy (non-hydrogen) atoms. The van der Waals surface area contributed by atoms with Gasteiger partial charge in [-0.2, -0.15) is 0 Å². The van der Waals surface area contributed by atoms with E-state index in [4.69, 9.17) is 0 Å². The molecule has 0 radical (unpaired) electrons. The van der Waals surface area contributed by atoms with Gasteiger partial charge in [-0.15, -0.1) is 0 Å². The first-order valence-corrected chi connectivity index (χ1v) is 8.37. The highest BCUT2D eigenvalue weighted by Gasteiger charge is 2.29. The standard InChI is InChI=1S/C19H29NO/c1-5-6-17-7-9-18(10-8-17)19(21)13-20-12-14(2)11-15(3)16(20)4/h7-10,14-16H,5-6,11-13H2,1-4H3. The van der Waals surface area contributed by atoms with Crippen LogP contribution in [0.5, 0.6) is 0 Å². The molecule has 1 aliphatic rings. The van der Waals surface area contributed by atoms with Gasteiger partial charge in [-0.3, -0.25) is 9.69 Å². The number of aryl methyl sites for hydroxylation is 1. The zero-order valence-corrected chi connectivity index (χ0v) is 13.9. The maximum atomic E-state index is 12.5. The Morgan fingerprint density at radius 1 is 1.19 bits per heavy atom. The minimum absolute atomic E-state index is 0.256. The van der Waals surface area contributed by atoms with E-state index < -0.39 is 0 Å². The fourth-order valence-electron chi connectivity index (χ4n) is 3.46. The van der Waals surface area contributed by atoms with Gasteiger partial charge in [-0.25, -0.2) is 0 Å². The van der Waals surface area contributed by atoms with Crippen LogP contribution in [0.25, 0.3) is 0 Å². The Bertz CT molecular complexity index is 465. The van der Waals surface area contributed by atoms with Gasteiger partial charge in [0.05, 0.1) is 6.54 Å². The van der Waals surface area contributed by atoms with Crippen LogP contribution in [-0.4, -0.2) is 29.8 Å². The number of nitrogens with zero attached hydrogens (tertiary/aromatic N) is 1. The van der Waals surface area contributed by atoms with Crippen molar-refractivity contribution in [3.63, 3.8) is 0 Å². The maximum absolute atomic E-state index is 12.5. The van der Waals surface area contributed by atoms with E-state index in [1.807, 2.05) is 12.1 Å². The lowest BCUT2D eigenvalue weighted by Gasteiger charge is -2.40. The second kappa shape index (κ2) is 7.22. The van der Waals surface area contributed by atoms with Gasteiger partial charge in [-0.1, -0.05) is 51.5 Å². The molecule has 1 aromatic carbocycles. The van der Waals surface area contributed by atoms with E-state index in [2.05, 4.69) is 44.7 Å². The van der Waals surface area contributed by atoms with Gasteiger partial charge < -0.3 is 0 Å². The van der Waals surface area contributed by atoms with E-state index in [-0.39, 0.29) is 5.78 Å². The summed E-state index contributed by atoms with van der Waals surface area (Å²) in [5, 5.41) is 0. The lowest BCUT2D eigenvalue weighted by Crippen LogP contribution is -2.47. The monoisotopic (exact) mass is 287 g/mol. The third kappa shape index (κ3) is 4.16. The molecule has 0 amide bonds. The highest BCUT2D eigenvalue weighted by Crippen LogP contribution is 2.26. The Hall–Kier alpha value is -1.15. The fraction of sp³-hybridized carbons (Fsp3) is 0.632. The smallest absolute Gasteiger partial charge is 0.176 e. The van der Waals surface area contributed by atoms with Crippen molar-refractivity contribution in [2.45, 2.75) is 53.0 Å². The Balaban J connectivity index is 2.00. The molecule has 0 bridgehead atoms. The van der Waals surface area contributed by atoms with Crippen LogP contribution in [-0.2, 0) is 6.42 Å². The molecule has 1 aromatic rings. The molecule has 2 nitrogen and oxygen atoms in total. The van der Waals surface area contributed by atoms with E-state index >= 15 is 0 Å². The van der Waals surface area contributed by atoms with Crippen LogP contribution < -0.4 is 0 Å². The number of likely N-dealkylation sites (tertiary alicyclic amines) is 1. The van der Waals surface area contributed by atoms with E-state index in [1.165, 1.54) is 12.0 Å². The molecule has 3 unspecified atom stereocenters. The van der Waals surface area contributed by atoms with Crippen molar-refractivity contribution < 1.29 is 4.79 Å². The van der Waals surface area contributed by atoms with Crippen LogP contribution in [0.1, 0.15) is 56.5 Å². The first-order chi connectivity index (χ1) is 10.0. The number of ketones is 1. The summed E-state index contributed by atoms with van der Waals surface area (Å²) in [5.41, 5.74) is 2.18. The van der Waals surface area contributed by atoms with Gasteiger partial charge in [0, 0.05) is 18.2 Å². The van der Waals surface area contributed by atoms with E-state index in [1.54, 1.807) is 0 Å². The zero-order valence-electron chi connectivity index (χ0n) is 13.9. The maximum Gasteiger partial charge on any atom is 0.176 e. The molecular weight excluding hydrogens is 258 g/mol. The average Bonchev–Trinajstić information content (AvgIpc) is 2.45. The number of hydrogen-bond acceptors (Lipinski definition) is 2. The van der Waals surface area contributed by atoms with Crippen LogP contribution in [0.3, 0.4) is 0 Å². The first kappa shape index (κ1) is 16.2. The molecule has 1 aliphatic heterocycles. The second-order valence-electron chi connectivity index (χ2n) is 6.86. The summed E-state index contributed by atoms with van der Waals surface area (Å²) in [7, 11) is 0. The first-order valence-electron chi connectivity index (χ1n) is 8.37. The molecule has 3 atom stereocenters. The van der Waals surface area contributed by atoms with E-state index in [9.17, 15) is 4.79 Å². The molecular formula is C19H29NO. The van der Waals surface area contributed by atoms with Gasteiger partial charge >= 0.3 is 0 Å². The summed E-state index contributed by atoms with van der Waals surface area (Å²) in [5.74, 6) is 1.62. The van der Waals surface area contributed by atoms with Crippen LogP contribution in [0.15, 0.2) is 24.3 Å². The Morgan fingerprint density at radius 2 is 1.86 bits per heavy atom. The summed E-state index contributed by atoms with van der Waals surface area (Å²) in [6.45, 7) is 10.6. The Kier molecular flexibility index (Phi) is 5.58. The number of Topliss-reactive ketones (excluding diaryl/α,β-unsaturated/α-hetero) is 1. The third-order valence-electron chi connectivity index (χ3n) is 4.88. The van der Waals surface area contributed by atoms with Crippen molar-refractivity contribution in [2.75, 3.05) is 13.1 Å². The summed E-state index contributed by atoms with van der Waals surface area (Å²) in [6.07, 6.45) is 3.51. The van der Waals surface area contributed by atoms with Crippen molar-refractivity contribution in [2.24, 2.45) is 11.8 Å². The number of piperidine rings is 1. The van der Waals surface area contributed by atoms with Crippen molar-refractivity contribution in [1.29, 1.82) is 0 Å². The molecule has 1 heterocycles. The van der Waals surface area contributed by atoms with Gasteiger partial charge in [0.2, 0.25) is 0 Å². The number of carbonyl (C=O) groups excluding carboxylic acids is 1. The molecule has 0 aromatic heterocycles. The predicted molar refractivity (Wildman–Crippen MR) is 88.7 cm³/mol. The minimum atomic E-state index is 0.256. The molecule has 2 heteroatoms. The summed E-state index contributed by atoms with van der Waals surface area (Å²) in [6, 6.07) is 8.69. The van der Waals surface area contributed by atoms with Gasteiger partial charge in [0.25, 0.3) is 0 Å². The topological polar surface area (TPSA) is 20.3 Å². The normalized spacial score (nSPS) is 26.8. The van der Waals surface area contributed by atoms with Crippen molar-refractivity contribution in [3.8, 4) is 0 Å². The molecule has 0 saturated carbocycles. The van der Waals surface area contributed by atoms with Crippen molar-refractivity contribution in [1.82, 2.24) is 4.90 Å². The molecule has 1 saturated heterocycles. The number of carbonyl (C=O) groups is 1. The van der Waals surface area contributed by atoms with Gasteiger partial charge in [0.15, 0.2) is 5.78 Å². The number of benzene rings is 1. The third-order valence-corrected chi connectivity index (χ3v) is 4.88. The SMILES string of the molecule is CCCc1ccc(C(=O)CN2CC(C)CC(C)C2C)cc1. The largest absolute Gasteiger partial charge is 0.293 e. The zero-order chi connectivity index (χ0) is 15.4. The van der Waals surface area contributed by atoms with Crippen molar-refractivity contribution >= 4 is 5.78 Å². The van der Waals surface area contributed by atoms with E-state index in [0.717, 1.165) is 24.9 Å². The van der Waals surface area contributed by atoms with Crippen molar-refractivity contribution in [3.05, 3.63) is 35.4 Å². The molecule has 0 aliphatic carbocycles. The fourth-order valence-corrected chi connectivity index (χ4v) is 3.46. The van der Waals surface area contributed by atoms with Crippen LogP contribution in [0.2, 0.25) is 0 Å². The molecule has 0 spiro atoms. The van der Waals surface area contributed by atoms with Gasteiger partial charge in [-0.05, 0) is 37.2 Å². The lowest BCUT2D eigenvalue weighted by atomic mass is 9.86. The van der Waals surface area contributed by atoms with Crippen LogP contribution >= 0.6 is 0 Å². The van der Waals surface area contributed by atoms with Crippen LogP contribution in [0.4, 0.5) is 0 Å². The Morgan fingerprint density at radius 3 is 2.48 bits per heavy atom. The molecule has 2 rings (SSSR count). The number of rotatable bonds is 5. The second-order valence-corrected chi connectivity index (χ2v) is 6.86.